The Kier molecular flexibility index (Phi) is 3.21. The fourth-order valence-corrected chi connectivity index (χ4v) is 1.74. The van der Waals surface area contributed by atoms with Crippen molar-refractivity contribution in [3.63, 3.8) is 0 Å². The Hall–Kier alpha value is -1.14. The second-order valence-corrected chi connectivity index (χ2v) is 4.01. The molecule has 1 aromatic heterocycles. The highest BCUT2D eigenvalue weighted by atomic mass is 32.1. The molecule has 0 radical (unpaired) electrons. The molecule has 2 nitrogen and oxygen atoms in total. The first kappa shape index (κ1) is 9.94. The summed E-state index contributed by atoms with van der Waals surface area (Å²) in [5.41, 5.74) is 0.658. The smallest absolute Gasteiger partial charge is 0.181 e. The van der Waals surface area contributed by atoms with Crippen molar-refractivity contribution in [2.45, 2.75) is 13.8 Å². The van der Waals surface area contributed by atoms with Gasteiger partial charge >= 0.3 is 0 Å². The summed E-state index contributed by atoms with van der Waals surface area (Å²) in [6.45, 7) is 3.77. The summed E-state index contributed by atoms with van der Waals surface area (Å²) in [6.07, 6.45) is 0. The van der Waals surface area contributed by atoms with Gasteiger partial charge in [-0.25, -0.2) is 0 Å². The molecule has 0 aliphatic heterocycles. The van der Waals surface area contributed by atoms with Crippen LogP contribution in [0.1, 0.15) is 24.2 Å². The first-order valence-corrected chi connectivity index (χ1v) is 5.07. The fraction of sp³-hybridized carbons (Fsp3) is 0.400. The number of nitriles is 1. The fourth-order valence-electron chi connectivity index (χ4n) is 1.09. The van der Waals surface area contributed by atoms with Crippen LogP contribution in [0.15, 0.2) is 16.8 Å². The van der Waals surface area contributed by atoms with Gasteiger partial charge in [-0.15, -0.1) is 0 Å². The minimum Gasteiger partial charge on any atom is -0.293 e. The Labute approximate surface area is 81.8 Å². The zero-order chi connectivity index (χ0) is 9.84. The van der Waals surface area contributed by atoms with E-state index in [1.54, 1.807) is 11.4 Å². The lowest BCUT2D eigenvalue weighted by Crippen LogP contribution is -2.17. The van der Waals surface area contributed by atoms with Crippen LogP contribution in [0.25, 0.3) is 0 Å². The van der Waals surface area contributed by atoms with Gasteiger partial charge in [0.15, 0.2) is 5.78 Å². The number of hydrogen-bond acceptors (Lipinski definition) is 3. The topological polar surface area (TPSA) is 40.9 Å². The van der Waals surface area contributed by atoms with Gasteiger partial charge in [0, 0.05) is 10.9 Å². The summed E-state index contributed by atoms with van der Waals surface area (Å²) in [4.78, 5) is 11.7. The van der Waals surface area contributed by atoms with Crippen molar-refractivity contribution in [2.75, 3.05) is 0 Å². The molecule has 0 saturated carbocycles. The monoisotopic (exact) mass is 193 g/mol. The molecule has 68 valence electrons. The van der Waals surface area contributed by atoms with Gasteiger partial charge in [-0.1, -0.05) is 13.8 Å². The van der Waals surface area contributed by atoms with Crippen molar-refractivity contribution in [2.24, 2.45) is 11.8 Å². The van der Waals surface area contributed by atoms with Crippen LogP contribution in [-0.2, 0) is 0 Å². The van der Waals surface area contributed by atoms with Crippen molar-refractivity contribution in [1.29, 1.82) is 5.26 Å². The van der Waals surface area contributed by atoms with E-state index in [1.807, 2.05) is 25.3 Å². The van der Waals surface area contributed by atoms with Crippen molar-refractivity contribution >= 4 is 17.1 Å². The van der Waals surface area contributed by atoms with E-state index in [4.69, 9.17) is 5.26 Å². The Morgan fingerprint density at radius 1 is 1.62 bits per heavy atom. The predicted octanol–water partition coefficient (Wildman–Crippen LogP) is 2.73. The summed E-state index contributed by atoms with van der Waals surface area (Å²) >= 11 is 1.48. The third-order valence-corrected chi connectivity index (χ3v) is 2.58. The lowest BCUT2D eigenvalue weighted by atomic mass is 9.90. The van der Waals surface area contributed by atoms with E-state index in [2.05, 4.69) is 0 Å². The molecule has 0 aliphatic carbocycles. The Bertz CT molecular complexity index is 321. The molecule has 1 aromatic rings. The predicted molar refractivity (Wildman–Crippen MR) is 52.6 cm³/mol. The molecular formula is C10H11NOS. The highest BCUT2D eigenvalue weighted by molar-refractivity contribution is 7.08. The molecule has 1 rings (SSSR count). The van der Waals surface area contributed by atoms with Crippen LogP contribution < -0.4 is 0 Å². The quantitative estimate of drug-likeness (QED) is 0.692. The van der Waals surface area contributed by atoms with Gasteiger partial charge in [0.05, 0.1) is 6.07 Å². The van der Waals surface area contributed by atoms with Crippen molar-refractivity contribution in [1.82, 2.24) is 0 Å². The van der Waals surface area contributed by atoms with Gasteiger partial charge in [0.2, 0.25) is 0 Å². The van der Waals surface area contributed by atoms with Gasteiger partial charge in [-0.3, -0.25) is 4.79 Å². The van der Waals surface area contributed by atoms with Gasteiger partial charge in [-0.2, -0.15) is 16.6 Å². The molecule has 0 bridgehead atoms. The van der Waals surface area contributed by atoms with Gasteiger partial charge in [-0.05, 0) is 17.4 Å². The molecule has 1 unspecified atom stereocenters. The molecule has 0 spiro atoms. The van der Waals surface area contributed by atoms with E-state index in [-0.39, 0.29) is 11.7 Å². The average Bonchev–Trinajstić information content (AvgIpc) is 2.56. The summed E-state index contributed by atoms with van der Waals surface area (Å²) in [7, 11) is 0. The number of thiophene rings is 1. The average molecular weight is 193 g/mol. The zero-order valence-corrected chi connectivity index (χ0v) is 8.47. The maximum Gasteiger partial charge on any atom is 0.181 e. The van der Waals surface area contributed by atoms with E-state index in [9.17, 15) is 4.79 Å². The molecule has 0 aromatic carbocycles. The molecule has 1 atom stereocenters. The van der Waals surface area contributed by atoms with Crippen LogP contribution in [-0.4, -0.2) is 5.78 Å². The lowest BCUT2D eigenvalue weighted by molar-refractivity contribution is 0.0925. The Morgan fingerprint density at radius 2 is 2.31 bits per heavy atom. The SMILES string of the molecule is CC(C)C(C#N)C(=O)c1ccsc1. The second kappa shape index (κ2) is 4.20. The third kappa shape index (κ3) is 2.16. The molecule has 0 N–H and O–H groups in total. The van der Waals surface area contributed by atoms with Crippen LogP contribution in [0.2, 0.25) is 0 Å². The number of ketones is 1. The molecule has 3 heteroatoms. The van der Waals surface area contributed by atoms with Gasteiger partial charge < -0.3 is 0 Å². The van der Waals surface area contributed by atoms with E-state index in [1.165, 1.54) is 11.3 Å². The number of nitrogens with zero attached hydrogens (tertiary/aromatic N) is 1. The number of hydrogen-bond donors (Lipinski definition) is 0. The normalized spacial score (nSPS) is 12.5. The first-order chi connectivity index (χ1) is 6.16. The van der Waals surface area contributed by atoms with Crippen molar-refractivity contribution in [3.8, 4) is 6.07 Å². The number of rotatable bonds is 3. The standard InChI is InChI=1S/C10H11NOS/c1-7(2)9(5-11)10(12)8-3-4-13-6-8/h3-4,6-7,9H,1-2H3. The summed E-state index contributed by atoms with van der Waals surface area (Å²) in [6, 6.07) is 3.81. The number of Topliss-reactive ketones (excluding diaryl/α,β-unsaturated/α-hetero) is 1. The van der Waals surface area contributed by atoms with Crippen LogP contribution in [0.5, 0.6) is 0 Å². The van der Waals surface area contributed by atoms with Crippen LogP contribution in [0.4, 0.5) is 0 Å². The lowest BCUT2D eigenvalue weighted by Gasteiger charge is -2.09. The summed E-state index contributed by atoms with van der Waals surface area (Å²) in [5, 5.41) is 12.4. The molecular weight excluding hydrogens is 182 g/mol. The second-order valence-electron chi connectivity index (χ2n) is 3.23. The van der Waals surface area contributed by atoms with E-state index < -0.39 is 5.92 Å². The van der Waals surface area contributed by atoms with E-state index in [0.29, 0.717) is 5.56 Å². The minimum atomic E-state index is -0.505. The summed E-state index contributed by atoms with van der Waals surface area (Å²) in [5.74, 6) is -0.481. The Morgan fingerprint density at radius 3 is 2.69 bits per heavy atom. The van der Waals surface area contributed by atoms with E-state index >= 15 is 0 Å². The van der Waals surface area contributed by atoms with Crippen LogP contribution in [0.3, 0.4) is 0 Å². The minimum absolute atomic E-state index is 0.0567. The van der Waals surface area contributed by atoms with Crippen LogP contribution >= 0.6 is 11.3 Å². The molecule has 1 heterocycles. The molecule has 0 fully saturated rings. The molecule has 0 aliphatic rings. The first-order valence-electron chi connectivity index (χ1n) is 4.13. The number of carbonyl (C=O) groups excluding carboxylic acids is 1. The molecule has 0 amide bonds. The molecule has 0 saturated heterocycles. The van der Waals surface area contributed by atoms with Gasteiger partial charge in [0.25, 0.3) is 0 Å². The maximum atomic E-state index is 11.7. The largest absolute Gasteiger partial charge is 0.293 e. The maximum absolute atomic E-state index is 11.7. The highest BCUT2D eigenvalue weighted by Gasteiger charge is 2.22. The van der Waals surface area contributed by atoms with Crippen molar-refractivity contribution < 1.29 is 4.79 Å². The Balaban J connectivity index is 2.85. The highest BCUT2D eigenvalue weighted by Crippen LogP contribution is 2.18. The summed E-state index contributed by atoms with van der Waals surface area (Å²) < 4.78 is 0. The molecule has 13 heavy (non-hydrogen) atoms. The number of carbonyl (C=O) groups is 1. The van der Waals surface area contributed by atoms with Crippen molar-refractivity contribution in [3.05, 3.63) is 22.4 Å². The van der Waals surface area contributed by atoms with E-state index in [0.717, 1.165) is 0 Å². The zero-order valence-electron chi connectivity index (χ0n) is 7.65. The van der Waals surface area contributed by atoms with Crippen LogP contribution in [0, 0.1) is 23.2 Å². The van der Waals surface area contributed by atoms with Gasteiger partial charge in [0.1, 0.15) is 5.92 Å². The third-order valence-electron chi connectivity index (χ3n) is 1.89.